The summed E-state index contributed by atoms with van der Waals surface area (Å²) in [6.07, 6.45) is 1.72. The van der Waals surface area contributed by atoms with Crippen LogP contribution in [0.1, 0.15) is 24.8 Å². The molecule has 0 unspecified atom stereocenters. The largest absolute Gasteiger partial charge is 0.497 e. The van der Waals surface area contributed by atoms with Crippen LogP contribution in [0.3, 0.4) is 0 Å². The van der Waals surface area contributed by atoms with Gasteiger partial charge in [0.15, 0.2) is 0 Å². The van der Waals surface area contributed by atoms with Crippen molar-refractivity contribution in [2.75, 3.05) is 13.7 Å². The number of benzene rings is 2. The molecule has 2 aromatic rings. The highest BCUT2D eigenvalue weighted by Crippen LogP contribution is 2.22. The molecule has 0 aliphatic rings. The lowest BCUT2D eigenvalue weighted by Crippen LogP contribution is -2.26. The minimum atomic E-state index is -0.802. The first-order chi connectivity index (χ1) is 11.1. The molecule has 2 rings (SSSR count). The van der Waals surface area contributed by atoms with E-state index in [1.54, 1.807) is 7.11 Å². The molecule has 5 nitrogen and oxygen atoms in total. The van der Waals surface area contributed by atoms with Crippen LogP contribution in [0.25, 0.3) is 10.8 Å². The molecule has 122 valence electrons. The standard InChI is InChI=1S/C18H21NO4/c1-23-16-8-7-14-10-13(5-6-15(14)12-16)11-17(20)19-9-3-2-4-18(21)22/h5-8,10,12H,2-4,9,11H2,1H3,(H,19,20)(H,21,22). The zero-order chi connectivity index (χ0) is 16.7. The van der Waals surface area contributed by atoms with Gasteiger partial charge in [-0.25, -0.2) is 0 Å². The van der Waals surface area contributed by atoms with E-state index < -0.39 is 5.97 Å². The van der Waals surface area contributed by atoms with E-state index in [1.807, 2.05) is 36.4 Å². The van der Waals surface area contributed by atoms with Crippen LogP contribution in [0.5, 0.6) is 5.75 Å². The molecule has 0 atom stereocenters. The van der Waals surface area contributed by atoms with Crippen molar-refractivity contribution in [2.45, 2.75) is 25.7 Å². The Kier molecular flexibility index (Phi) is 5.97. The number of carbonyl (C=O) groups is 2. The first-order valence-corrected chi connectivity index (χ1v) is 7.63. The second-order valence-corrected chi connectivity index (χ2v) is 5.43. The molecular weight excluding hydrogens is 294 g/mol. The number of fused-ring (bicyclic) bond motifs is 1. The third-order valence-corrected chi connectivity index (χ3v) is 3.62. The average Bonchev–Trinajstić information content (AvgIpc) is 2.53. The minimum Gasteiger partial charge on any atom is -0.497 e. The number of hydrogen-bond donors (Lipinski definition) is 2. The van der Waals surface area contributed by atoms with Crippen LogP contribution in [0, 0.1) is 0 Å². The molecule has 0 radical (unpaired) electrons. The summed E-state index contributed by atoms with van der Waals surface area (Å²) in [5.41, 5.74) is 0.950. The number of ether oxygens (including phenoxy) is 1. The fourth-order valence-corrected chi connectivity index (χ4v) is 2.39. The zero-order valence-corrected chi connectivity index (χ0v) is 13.2. The van der Waals surface area contributed by atoms with Crippen molar-refractivity contribution in [1.82, 2.24) is 5.32 Å². The van der Waals surface area contributed by atoms with Gasteiger partial charge in [-0.2, -0.15) is 0 Å². The zero-order valence-electron chi connectivity index (χ0n) is 13.2. The van der Waals surface area contributed by atoms with Gasteiger partial charge in [0, 0.05) is 13.0 Å². The molecule has 2 aromatic carbocycles. The molecule has 23 heavy (non-hydrogen) atoms. The van der Waals surface area contributed by atoms with Crippen LogP contribution >= 0.6 is 0 Å². The molecule has 0 aliphatic heterocycles. The topological polar surface area (TPSA) is 75.6 Å². The maximum atomic E-state index is 11.9. The van der Waals surface area contributed by atoms with Gasteiger partial charge in [0.2, 0.25) is 5.91 Å². The van der Waals surface area contributed by atoms with Crippen molar-refractivity contribution < 1.29 is 19.4 Å². The van der Waals surface area contributed by atoms with E-state index >= 15 is 0 Å². The van der Waals surface area contributed by atoms with Gasteiger partial charge < -0.3 is 15.2 Å². The fraction of sp³-hybridized carbons (Fsp3) is 0.333. The smallest absolute Gasteiger partial charge is 0.303 e. The van der Waals surface area contributed by atoms with Gasteiger partial charge in [0.05, 0.1) is 13.5 Å². The van der Waals surface area contributed by atoms with E-state index in [9.17, 15) is 9.59 Å². The van der Waals surface area contributed by atoms with E-state index in [-0.39, 0.29) is 12.3 Å². The summed E-state index contributed by atoms with van der Waals surface area (Å²) >= 11 is 0. The lowest BCUT2D eigenvalue weighted by molar-refractivity contribution is -0.137. The Labute approximate surface area is 135 Å². The quantitative estimate of drug-likeness (QED) is 0.735. The molecule has 0 saturated carbocycles. The molecule has 1 amide bonds. The normalized spacial score (nSPS) is 10.5. The first-order valence-electron chi connectivity index (χ1n) is 7.63. The second-order valence-electron chi connectivity index (χ2n) is 5.43. The molecular formula is C18H21NO4. The Hall–Kier alpha value is -2.56. The van der Waals surface area contributed by atoms with Gasteiger partial charge >= 0.3 is 5.97 Å². The molecule has 0 heterocycles. The molecule has 0 aromatic heterocycles. The summed E-state index contributed by atoms with van der Waals surface area (Å²) in [7, 11) is 1.64. The lowest BCUT2D eigenvalue weighted by Gasteiger charge is -2.07. The van der Waals surface area contributed by atoms with Crippen molar-refractivity contribution in [1.29, 1.82) is 0 Å². The predicted octanol–water partition coefficient (Wildman–Crippen LogP) is 2.76. The molecule has 2 N–H and O–H groups in total. The Morgan fingerprint density at radius 1 is 1.09 bits per heavy atom. The van der Waals surface area contributed by atoms with Crippen LogP contribution in [0.2, 0.25) is 0 Å². The van der Waals surface area contributed by atoms with Gasteiger partial charge in [-0.15, -0.1) is 0 Å². The second kappa shape index (κ2) is 8.17. The van der Waals surface area contributed by atoms with Crippen LogP contribution in [0.4, 0.5) is 0 Å². The fourth-order valence-electron chi connectivity index (χ4n) is 2.39. The average molecular weight is 315 g/mol. The molecule has 0 saturated heterocycles. The van der Waals surface area contributed by atoms with E-state index in [2.05, 4.69) is 5.32 Å². The summed E-state index contributed by atoms with van der Waals surface area (Å²) in [6.45, 7) is 0.511. The molecule has 5 heteroatoms. The third-order valence-electron chi connectivity index (χ3n) is 3.62. The lowest BCUT2D eigenvalue weighted by atomic mass is 10.0. The van der Waals surface area contributed by atoms with Gasteiger partial charge in [-0.3, -0.25) is 9.59 Å². The molecule has 0 fully saturated rings. The highest BCUT2D eigenvalue weighted by Gasteiger charge is 2.05. The van der Waals surface area contributed by atoms with Gasteiger partial charge in [-0.1, -0.05) is 24.3 Å². The van der Waals surface area contributed by atoms with Gasteiger partial charge in [0.1, 0.15) is 5.75 Å². The summed E-state index contributed by atoms with van der Waals surface area (Å²) in [6, 6.07) is 11.7. The monoisotopic (exact) mass is 315 g/mol. The number of rotatable bonds is 8. The summed E-state index contributed by atoms with van der Waals surface area (Å²) in [5, 5.41) is 13.5. The maximum Gasteiger partial charge on any atom is 0.303 e. The Morgan fingerprint density at radius 2 is 1.83 bits per heavy atom. The summed E-state index contributed by atoms with van der Waals surface area (Å²) in [4.78, 5) is 22.3. The van der Waals surface area contributed by atoms with E-state index in [0.717, 1.165) is 22.1 Å². The number of carboxylic acids is 1. The SMILES string of the molecule is COc1ccc2cc(CC(=O)NCCCCC(=O)O)ccc2c1. The van der Waals surface area contributed by atoms with E-state index in [0.29, 0.717) is 25.8 Å². The number of methoxy groups -OCH3 is 1. The third kappa shape index (κ3) is 5.29. The van der Waals surface area contributed by atoms with Crippen molar-refractivity contribution in [3.05, 3.63) is 42.0 Å². The number of unbranched alkanes of at least 4 members (excludes halogenated alkanes) is 1. The Bertz CT molecular complexity index is 696. The van der Waals surface area contributed by atoms with Crippen molar-refractivity contribution in [2.24, 2.45) is 0 Å². The van der Waals surface area contributed by atoms with Crippen LogP contribution in [-0.4, -0.2) is 30.6 Å². The van der Waals surface area contributed by atoms with Gasteiger partial charge in [0.25, 0.3) is 0 Å². The summed E-state index contributed by atoms with van der Waals surface area (Å²) in [5.74, 6) is -0.0401. The Morgan fingerprint density at radius 3 is 2.57 bits per heavy atom. The molecule has 0 bridgehead atoms. The van der Waals surface area contributed by atoms with Crippen LogP contribution in [0.15, 0.2) is 36.4 Å². The number of aliphatic carboxylic acids is 1. The first kappa shape index (κ1) is 16.8. The van der Waals surface area contributed by atoms with E-state index in [4.69, 9.17) is 9.84 Å². The summed E-state index contributed by atoms with van der Waals surface area (Å²) < 4.78 is 5.20. The maximum absolute atomic E-state index is 11.9. The number of amides is 1. The van der Waals surface area contributed by atoms with Crippen molar-refractivity contribution >= 4 is 22.6 Å². The van der Waals surface area contributed by atoms with Crippen molar-refractivity contribution in [3.8, 4) is 5.75 Å². The number of carboxylic acid groups (broad SMARTS) is 1. The predicted molar refractivity (Wildman–Crippen MR) is 88.7 cm³/mol. The molecule has 0 spiro atoms. The Balaban J connectivity index is 1.86. The highest BCUT2D eigenvalue weighted by molar-refractivity contribution is 5.86. The number of hydrogen-bond acceptors (Lipinski definition) is 3. The van der Waals surface area contributed by atoms with Crippen molar-refractivity contribution in [3.63, 3.8) is 0 Å². The molecule has 0 aliphatic carbocycles. The minimum absolute atomic E-state index is 0.0480. The van der Waals surface area contributed by atoms with Gasteiger partial charge in [-0.05, 0) is 41.3 Å². The highest BCUT2D eigenvalue weighted by atomic mass is 16.5. The number of carbonyl (C=O) groups excluding carboxylic acids is 1. The number of nitrogens with one attached hydrogen (secondary N) is 1. The van der Waals surface area contributed by atoms with Crippen LogP contribution in [-0.2, 0) is 16.0 Å². The van der Waals surface area contributed by atoms with Crippen LogP contribution < -0.4 is 10.1 Å². The van der Waals surface area contributed by atoms with E-state index in [1.165, 1.54) is 0 Å².